The summed E-state index contributed by atoms with van der Waals surface area (Å²) in [5.74, 6) is -0.0785. The van der Waals surface area contributed by atoms with Gasteiger partial charge in [-0.1, -0.05) is 13.0 Å². The van der Waals surface area contributed by atoms with Crippen molar-refractivity contribution in [3.63, 3.8) is 0 Å². The quantitative estimate of drug-likeness (QED) is 0.751. The highest BCUT2D eigenvalue weighted by Gasteiger charge is 2.06. The van der Waals surface area contributed by atoms with Gasteiger partial charge in [-0.05, 0) is 31.2 Å². The van der Waals surface area contributed by atoms with Crippen LogP contribution in [0.5, 0.6) is 0 Å². The lowest BCUT2D eigenvalue weighted by molar-refractivity contribution is 0.0954. The summed E-state index contributed by atoms with van der Waals surface area (Å²) >= 11 is 0. The summed E-state index contributed by atoms with van der Waals surface area (Å²) in [5.41, 5.74) is 1.44. The zero-order valence-electron chi connectivity index (χ0n) is 12.4. The minimum absolute atomic E-state index is 0. The number of rotatable bonds is 7. The van der Waals surface area contributed by atoms with Crippen molar-refractivity contribution >= 4 is 30.7 Å². The molecular weight excluding hydrogens is 325 g/mol. The second kappa shape index (κ2) is 11.0. The van der Waals surface area contributed by atoms with Crippen molar-refractivity contribution in [1.82, 2.24) is 25.4 Å². The fraction of sp³-hybridized carbons (Fsp3) is 0.357. The number of carbonyl (C=O) groups excluding carboxylic acids is 1. The highest BCUT2D eigenvalue weighted by atomic mass is 35.5. The van der Waals surface area contributed by atoms with Crippen molar-refractivity contribution in [3.05, 3.63) is 42.5 Å². The molecule has 6 nitrogen and oxygen atoms in total. The molecule has 0 aliphatic carbocycles. The van der Waals surface area contributed by atoms with Gasteiger partial charge in [0.1, 0.15) is 12.7 Å². The lowest BCUT2D eigenvalue weighted by Crippen LogP contribution is -2.32. The second-order valence-electron chi connectivity index (χ2n) is 4.40. The third kappa shape index (κ3) is 6.01. The number of benzene rings is 1. The molecule has 2 N–H and O–H groups in total. The molecule has 22 heavy (non-hydrogen) atoms. The van der Waals surface area contributed by atoms with Crippen LogP contribution in [0, 0.1) is 0 Å². The molecule has 0 aliphatic heterocycles. The van der Waals surface area contributed by atoms with Crippen LogP contribution in [-0.2, 0) is 0 Å². The summed E-state index contributed by atoms with van der Waals surface area (Å²) in [6.45, 7) is 4.48. The molecule has 0 spiro atoms. The lowest BCUT2D eigenvalue weighted by atomic mass is 10.2. The summed E-state index contributed by atoms with van der Waals surface area (Å²) in [6.07, 6.45) is 4.16. The van der Waals surface area contributed by atoms with Crippen LogP contribution in [-0.4, -0.2) is 40.3 Å². The van der Waals surface area contributed by atoms with E-state index in [0.29, 0.717) is 12.1 Å². The zero-order chi connectivity index (χ0) is 14.2. The van der Waals surface area contributed by atoms with E-state index in [4.69, 9.17) is 0 Å². The predicted molar refractivity (Wildman–Crippen MR) is 91.3 cm³/mol. The Balaban J connectivity index is 0.00000220. The Morgan fingerprint density at radius 2 is 2.05 bits per heavy atom. The molecule has 8 heteroatoms. The number of halogens is 2. The van der Waals surface area contributed by atoms with E-state index < -0.39 is 0 Å². The molecular formula is C14H21Cl2N5O. The number of aromatic nitrogens is 3. The zero-order valence-corrected chi connectivity index (χ0v) is 14.0. The lowest BCUT2D eigenvalue weighted by Gasteiger charge is -2.07. The third-order valence-corrected chi connectivity index (χ3v) is 2.81. The highest BCUT2D eigenvalue weighted by molar-refractivity contribution is 5.94. The Kier molecular flexibility index (Phi) is 10.2. The van der Waals surface area contributed by atoms with Crippen LogP contribution in [0.1, 0.15) is 23.7 Å². The Labute approximate surface area is 142 Å². The van der Waals surface area contributed by atoms with Gasteiger partial charge < -0.3 is 10.6 Å². The highest BCUT2D eigenvalue weighted by Crippen LogP contribution is 2.08. The third-order valence-electron chi connectivity index (χ3n) is 2.81. The average molecular weight is 346 g/mol. The SMILES string of the molecule is CCCNCCNC(=O)c1cccc(-n2cncn2)c1.Cl.Cl. The van der Waals surface area contributed by atoms with Crippen molar-refractivity contribution in [2.45, 2.75) is 13.3 Å². The number of nitrogens with zero attached hydrogens (tertiary/aromatic N) is 3. The molecule has 0 unspecified atom stereocenters. The first-order valence-corrected chi connectivity index (χ1v) is 6.75. The monoisotopic (exact) mass is 345 g/mol. The summed E-state index contributed by atoms with van der Waals surface area (Å²) < 4.78 is 1.62. The minimum Gasteiger partial charge on any atom is -0.351 e. The van der Waals surface area contributed by atoms with Crippen molar-refractivity contribution < 1.29 is 4.79 Å². The van der Waals surface area contributed by atoms with Crippen LogP contribution < -0.4 is 10.6 Å². The molecule has 122 valence electrons. The smallest absolute Gasteiger partial charge is 0.251 e. The first kappa shape index (κ1) is 20.4. The van der Waals surface area contributed by atoms with Gasteiger partial charge in [-0.3, -0.25) is 4.79 Å². The predicted octanol–water partition coefficient (Wildman–Crippen LogP) is 1.84. The van der Waals surface area contributed by atoms with Gasteiger partial charge in [0.15, 0.2) is 0 Å². The van der Waals surface area contributed by atoms with Gasteiger partial charge in [0.05, 0.1) is 5.69 Å². The van der Waals surface area contributed by atoms with E-state index in [1.165, 1.54) is 6.33 Å². The molecule has 1 aromatic heterocycles. The maximum Gasteiger partial charge on any atom is 0.251 e. The second-order valence-corrected chi connectivity index (χ2v) is 4.40. The molecule has 2 aromatic rings. The van der Waals surface area contributed by atoms with E-state index in [9.17, 15) is 4.79 Å². The molecule has 1 heterocycles. The van der Waals surface area contributed by atoms with Crippen LogP contribution in [0.2, 0.25) is 0 Å². The van der Waals surface area contributed by atoms with E-state index in [1.54, 1.807) is 23.1 Å². The number of carbonyl (C=O) groups is 1. The molecule has 0 aliphatic rings. The van der Waals surface area contributed by atoms with Gasteiger partial charge in [0.2, 0.25) is 0 Å². The molecule has 0 atom stereocenters. The summed E-state index contributed by atoms with van der Waals surface area (Å²) in [5, 5.41) is 10.2. The van der Waals surface area contributed by atoms with Crippen molar-refractivity contribution in [2.75, 3.05) is 19.6 Å². The van der Waals surface area contributed by atoms with Gasteiger partial charge in [0.25, 0.3) is 5.91 Å². The molecule has 0 fully saturated rings. The molecule has 0 bridgehead atoms. The molecule has 1 aromatic carbocycles. The van der Waals surface area contributed by atoms with Crippen LogP contribution >= 0.6 is 24.8 Å². The summed E-state index contributed by atoms with van der Waals surface area (Å²) in [6, 6.07) is 7.30. The molecule has 0 radical (unpaired) electrons. The van der Waals surface area contributed by atoms with Crippen molar-refractivity contribution in [2.24, 2.45) is 0 Å². The molecule has 1 amide bonds. The van der Waals surface area contributed by atoms with Gasteiger partial charge >= 0.3 is 0 Å². The fourth-order valence-corrected chi connectivity index (χ4v) is 1.80. The number of nitrogens with one attached hydrogen (secondary N) is 2. The van der Waals surface area contributed by atoms with Gasteiger partial charge in [-0.25, -0.2) is 9.67 Å². The number of amides is 1. The minimum atomic E-state index is -0.0785. The van der Waals surface area contributed by atoms with Crippen LogP contribution in [0.3, 0.4) is 0 Å². The molecule has 0 saturated heterocycles. The van der Waals surface area contributed by atoms with Gasteiger partial charge in [-0.2, -0.15) is 5.10 Å². The largest absolute Gasteiger partial charge is 0.351 e. The maximum absolute atomic E-state index is 12.0. The first-order chi connectivity index (χ1) is 9.81. The van der Waals surface area contributed by atoms with Crippen molar-refractivity contribution in [1.29, 1.82) is 0 Å². The number of hydrogen-bond donors (Lipinski definition) is 2. The van der Waals surface area contributed by atoms with E-state index in [2.05, 4.69) is 27.6 Å². The van der Waals surface area contributed by atoms with Crippen LogP contribution in [0.15, 0.2) is 36.9 Å². The van der Waals surface area contributed by atoms with E-state index >= 15 is 0 Å². The fourth-order valence-electron chi connectivity index (χ4n) is 1.80. The standard InChI is InChI=1S/C14H19N5O.2ClH/c1-2-6-15-7-8-17-14(20)12-4-3-5-13(9-12)19-11-16-10-18-19;;/h3-5,9-11,15H,2,6-8H2,1H3,(H,17,20);2*1H. The normalized spacial score (nSPS) is 9.50. The van der Waals surface area contributed by atoms with Gasteiger partial charge in [0, 0.05) is 18.7 Å². The number of hydrogen-bond acceptors (Lipinski definition) is 4. The van der Waals surface area contributed by atoms with E-state index in [1.807, 2.05) is 12.1 Å². The Morgan fingerprint density at radius 1 is 1.23 bits per heavy atom. The van der Waals surface area contributed by atoms with Gasteiger partial charge in [-0.15, -0.1) is 24.8 Å². The van der Waals surface area contributed by atoms with E-state index in [0.717, 1.165) is 25.2 Å². The van der Waals surface area contributed by atoms with E-state index in [-0.39, 0.29) is 30.7 Å². The molecule has 2 rings (SSSR count). The topological polar surface area (TPSA) is 71.8 Å². The average Bonchev–Trinajstić information content (AvgIpc) is 3.01. The van der Waals surface area contributed by atoms with Crippen molar-refractivity contribution in [3.8, 4) is 5.69 Å². The summed E-state index contributed by atoms with van der Waals surface area (Å²) in [7, 11) is 0. The first-order valence-electron chi connectivity index (χ1n) is 6.75. The Hall–Kier alpha value is -1.63. The van der Waals surface area contributed by atoms with Crippen LogP contribution in [0.25, 0.3) is 5.69 Å². The summed E-state index contributed by atoms with van der Waals surface area (Å²) in [4.78, 5) is 15.9. The molecule has 0 saturated carbocycles. The maximum atomic E-state index is 12.0. The Morgan fingerprint density at radius 3 is 2.73 bits per heavy atom. The Bertz CT molecular complexity index is 548. The van der Waals surface area contributed by atoms with Crippen LogP contribution in [0.4, 0.5) is 0 Å².